The lowest BCUT2D eigenvalue weighted by atomic mass is 9.81. The lowest BCUT2D eigenvalue weighted by molar-refractivity contribution is -0.126. The van der Waals surface area contributed by atoms with Crippen molar-refractivity contribution >= 4 is 11.8 Å². The van der Waals surface area contributed by atoms with Gasteiger partial charge in [0.25, 0.3) is 0 Å². The normalized spacial score (nSPS) is 19.7. The van der Waals surface area contributed by atoms with E-state index in [-0.39, 0.29) is 42.8 Å². The van der Waals surface area contributed by atoms with E-state index in [2.05, 4.69) is 0 Å². The highest BCUT2D eigenvalue weighted by molar-refractivity contribution is 5.89. The number of carbonyl (C=O) groups is 2. The van der Waals surface area contributed by atoms with Crippen LogP contribution in [0.1, 0.15) is 41.8 Å². The molecule has 0 radical (unpaired) electrons. The molecule has 1 aromatic rings. The summed E-state index contributed by atoms with van der Waals surface area (Å²) >= 11 is 0. The standard InChI is InChI=1S/C11H12O5/c12-7-1-4-11(15,5-2-7)9-8(10(13)14)3-6-16-9/h3,6,15H,1-2,4-5H2,(H,13,14). The first-order chi connectivity index (χ1) is 7.53. The number of hydrogen-bond acceptors (Lipinski definition) is 4. The summed E-state index contributed by atoms with van der Waals surface area (Å²) in [6.07, 6.45) is 2.21. The van der Waals surface area contributed by atoms with Gasteiger partial charge >= 0.3 is 5.97 Å². The van der Waals surface area contributed by atoms with E-state index in [1.54, 1.807) is 0 Å². The molecule has 1 heterocycles. The van der Waals surface area contributed by atoms with E-state index < -0.39 is 11.6 Å². The Labute approximate surface area is 91.7 Å². The van der Waals surface area contributed by atoms with Crippen LogP contribution < -0.4 is 0 Å². The molecule has 5 nitrogen and oxygen atoms in total. The third kappa shape index (κ3) is 1.74. The SMILES string of the molecule is O=C1CCC(O)(c2occc2C(=O)O)CC1. The summed E-state index contributed by atoms with van der Waals surface area (Å²) in [5.41, 5.74) is -1.35. The first kappa shape index (κ1) is 10.9. The number of Topliss-reactive ketones (excluding diaryl/α,β-unsaturated/α-hetero) is 1. The number of aromatic carboxylic acids is 1. The Balaban J connectivity index is 2.32. The average Bonchev–Trinajstić information content (AvgIpc) is 2.72. The van der Waals surface area contributed by atoms with Crippen molar-refractivity contribution in [3.63, 3.8) is 0 Å². The molecule has 1 saturated carbocycles. The van der Waals surface area contributed by atoms with Crippen molar-refractivity contribution in [3.05, 3.63) is 23.7 Å². The molecule has 2 rings (SSSR count). The second kappa shape index (κ2) is 3.75. The van der Waals surface area contributed by atoms with Gasteiger partial charge in [0.1, 0.15) is 22.7 Å². The molecule has 0 aliphatic heterocycles. The molecule has 86 valence electrons. The lowest BCUT2D eigenvalue weighted by Crippen LogP contribution is -2.32. The molecule has 1 aliphatic carbocycles. The number of aliphatic hydroxyl groups is 1. The van der Waals surface area contributed by atoms with Gasteiger partial charge in [-0.25, -0.2) is 4.79 Å². The van der Waals surface area contributed by atoms with Crippen LogP contribution in [0.2, 0.25) is 0 Å². The van der Waals surface area contributed by atoms with Crippen molar-refractivity contribution in [2.24, 2.45) is 0 Å². The van der Waals surface area contributed by atoms with E-state index in [0.717, 1.165) is 0 Å². The molecule has 0 unspecified atom stereocenters. The maximum atomic E-state index is 11.1. The quantitative estimate of drug-likeness (QED) is 0.790. The summed E-state index contributed by atoms with van der Waals surface area (Å²) in [5, 5.41) is 19.2. The molecule has 0 aromatic carbocycles. The van der Waals surface area contributed by atoms with E-state index in [1.807, 2.05) is 0 Å². The summed E-state index contributed by atoms with van der Waals surface area (Å²) < 4.78 is 5.06. The van der Waals surface area contributed by atoms with Crippen LogP contribution in [0.3, 0.4) is 0 Å². The molecule has 16 heavy (non-hydrogen) atoms. The number of carboxylic acids is 1. The van der Waals surface area contributed by atoms with Gasteiger partial charge in [-0.2, -0.15) is 0 Å². The van der Waals surface area contributed by atoms with Crippen LogP contribution in [-0.4, -0.2) is 22.0 Å². The summed E-state index contributed by atoms with van der Waals surface area (Å²) in [6.45, 7) is 0. The van der Waals surface area contributed by atoms with Crippen LogP contribution in [0.15, 0.2) is 16.7 Å². The highest BCUT2D eigenvalue weighted by Gasteiger charge is 2.39. The van der Waals surface area contributed by atoms with Crippen LogP contribution >= 0.6 is 0 Å². The Morgan fingerprint density at radius 3 is 2.56 bits per heavy atom. The molecule has 0 saturated heterocycles. The number of furan rings is 1. The molecule has 5 heteroatoms. The minimum Gasteiger partial charge on any atom is -0.478 e. The number of carbonyl (C=O) groups excluding carboxylic acids is 1. The summed E-state index contributed by atoms with van der Waals surface area (Å²) in [7, 11) is 0. The highest BCUT2D eigenvalue weighted by atomic mass is 16.4. The Bertz CT molecular complexity index is 421. The molecule has 0 spiro atoms. The fourth-order valence-corrected chi connectivity index (χ4v) is 2.01. The zero-order chi connectivity index (χ0) is 11.8. The maximum absolute atomic E-state index is 11.1. The third-order valence-electron chi connectivity index (χ3n) is 2.95. The summed E-state index contributed by atoms with van der Waals surface area (Å²) in [4.78, 5) is 22.0. The molecule has 2 N–H and O–H groups in total. The fraction of sp³-hybridized carbons (Fsp3) is 0.455. The van der Waals surface area contributed by atoms with E-state index >= 15 is 0 Å². The van der Waals surface area contributed by atoms with Crippen molar-refractivity contribution in [2.45, 2.75) is 31.3 Å². The predicted molar refractivity (Wildman–Crippen MR) is 53.0 cm³/mol. The van der Waals surface area contributed by atoms with E-state index in [1.165, 1.54) is 12.3 Å². The smallest absolute Gasteiger partial charge is 0.339 e. The predicted octanol–water partition coefficient (Wildman–Crippen LogP) is 1.31. The Morgan fingerprint density at radius 1 is 1.38 bits per heavy atom. The Kier molecular flexibility index (Phi) is 2.55. The molecule has 0 bridgehead atoms. The Hall–Kier alpha value is -1.62. The fourth-order valence-electron chi connectivity index (χ4n) is 2.01. The lowest BCUT2D eigenvalue weighted by Gasteiger charge is -2.29. The van der Waals surface area contributed by atoms with Crippen molar-refractivity contribution in [2.75, 3.05) is 0 Å². The second-order valence-corrected chi connectivity index (χ2v) is 4.04. The number of rotatable bonds is 2. The minimum absolute atomic E-state index is 0.0307. The van der Waals surface area contributed by atoms with Gasteiger partial charge in [-0.05, 0) is 18.9 Å². The first-order valence-electron chi connectivity index (χ1n) is 5.08. The second-order valence-electron chi connectivity index (χ2n) is 4.04. The summed E-state index contributed by atoms with van der Waals surface area (Å²) in [6, 6.07) is 1.31. The van der Waals surface area contributed by atoms with Crippen LogP contribution in [0, 0.1) is 0 Å². The van der Waals surface area contributed by atoms with Crippen LogP contribution in [0.4, 0.5) is 0 Å². The van der Waals surface area contributed by atoms with Crippen LogP contribution in [0.5, 0.6) is 0 Å². The van der Waals surface area contributed by atoms with E-state index in [9.17, 15) is 14.7 Å². The minimum atomic E-state index is -1.31. The van der Waals surface area contributed by atoms with Gasteiger partial charge in [-0.15, -0.1) is 0 Å². The van der Waals surface area contributed by atoms with Gasteiger partial charge < -0.3 is 14.6 Å². The summed E-state index contributed by atoms with van der Waals surface area (Å²) in [5.74, 6) is -0.977. The van der Waals surface area contributed by atoms with Gasteiger partial charge in [-0.3, -0.25) is 4.79 Å². The number of hydrogen-bond donors (Lipinski definition) is 2. The first-order valence-corrected chi connectivity index (χ1v) is 5.08. The van der Waals surface area contributed by atoms with Crippen molar-refractivity contribution in [1.29, 1.82) is 0 Å². The molecular formula is C11H12O5. The van der Waals surface area contributed by atoms with Crippen molar-refractivity contribution in [3.8, 4) is 0 Å². The zero-order valence-electron chi connectivity index (χ0n) is 8.60. The van der Waals surface area contributed by atoms with Gasteiger partial charge in [0.05, 0.1) is 6.26 Å². The number of ketones is 1. The Morgan fingerprint density at radius 2 is 2.00 bits per heavy atom. The van der Waals surface area contributed by atoms with E-state index in [0.29, 0.717) is 0 Å². The van der Waals surface area contributed by atoms with Gasteiger partial charge in [-0.1, -0.05) is 0 Å². The van der Waals surface area contributed by atoms with Gasteiger partial charge in [0.15, 0.2) is 0 Å². The average molecular weight is 224 g/mol. The molecule has 1 aliphatic rings. The maximum Gasteiger partial charge on any atom is 0.339 e. The molecule has 0 atom stereocenters. The molecule has 1 aromatic heterocycles. The largest absolute Gasteiger partial charge is 0.478 e. The van der Waals surface area contributed by atoms with Crippen LogP contribution in [0.25, 0.3) is 0 Å². The molecule has 0 amide bonds. The van der Waals surface area contributed by atoms with Gasteiger partial charge in [0.2, 0.25) is 0 Å². The zero-order valence-corrected chi connectivity index (χ0v) is 8.60. The molecule has 1 fully saturated rings. The third-order valence-corrected chi connectivity index (χ3v) is 2.95. The van der Waals surface area contributed by atoms with Crippen molar-refractivity contribution in [1.82, 2.24) is 0 Å². The van der Waals surface area contributed by atoms with Gasteiger partial charge in [0, 0.05) is 12.8 Å². The monoisotopic (exact) mass is 224 g/mol. The number of carboxylic acid groups (broad SMARTS) is 1. The highest BCUT2D eigenvalue weighted by Crippen LogP contribution is 2.37. The topological polar surface area (TPSA) is 87.7 Å². The van der Waals surface area contributed by atoms with E-state index in [4.69, 9.17) is 9.52 Å². The van der Waals surface area contributed by atoms with Crippen LogP contribution in [-0.2, 0) is 10.4 Å². The van der Waals surface area contributed by atoms with Crippen molar-refractivity contribution < 1.29 is 24.2 Å². The molecular weight excluding hydrogens is 212 g/mol.